The van der Waals surface area contributed by atoms with Crippen molar-refractivity contribution in [2.75, 3.05) is 0 Å². The molecule has 1 atom stereocenters. The van der Waals surface area contributed by atoms with E-state index in [-0.39, 0.29) is 10.8 Å². The minimum Gasteiger partial charge on any atom is -0.423 e. The zero-order chi connectivity index (χ0) is 24.6. The molecule has 2 aliphatic carbocycles. The number of hydrogen-bond donors (Lipinski definition) is 1. The first-order valence-electron chi connectivity index (χ1n) is 13.3. The standard InChI is InChI=1S/C29H40NO4P/c1-20-15-22-19-23-16-21(2)18-25(29(4)13-9-6-10-14-29)27(23)32-35(33-30)34-31-26(22)24(17-20)28(3)11-7-5-8-12-28/h15-18H,5-14,19,30H2,1-4H3. The molecule has 0 radical (unpaired) electrons. The van der Waals surface area contributed by atoms with Crippen LogP contribution in [0.2, 0.25) is 0 Å². The minimum absolute atomic E-state index is 0.0645. The number of nitrogens with two attached hydrogens (primary N) is 1. The van der Waals surface area contributed by atoms with Crippen LogP contribution in [0.5, 0.6) is 11.5 Å². The van der Waals surface area contributed by atoms with Crippen molar-refractivity contribution in [2.24, 2.45) is 5.90 Å². The summed E-state index contributed by atoms with van der Waals surface area (Å²) in [6.07, 6.45) is 12.9. The zero-order valence-corrected chi connectivity index (χ0v) is 22.6. The normalized spacial score (nSPS) is 23.5. The van der Waals surface area contributed by atoms with Crippen LogP contribution in [0.15, 0.2) is 24.3 Å². The van der Waals surface area contributed by atoms with E-state index >= 15 is 0 Å². The maximum atomic E-state index is 6.41. The molecule has 5 rings (SSSR count). The maximum absolute atomic E-state index is 6.41. The van der Waals surface area contributed by atoms with Crippen molar-refractivity contribution in [3.8, 4) is 11.5 Å². The lowest BCUT2D eigenvalue weighted by molar-refractivity contribution is -0.114. The molecule has 0 bridgehead atoms. The van der Waals surface area contributed by atoms with Gasteiger partial charge in [0, 0.05) is 23.1 Å². The summed E-state index contributed by atoms with van der Waals surface area (Å²) in [5.41, 5.74) is 7.39. The third-order valence-corrected chi connectivity index (χ3v) is 9.35. The van der Waals surface area contributed by atoms with Crippen molar-refractivity contribution >= 4 is 8.60 Å². The molecule has 2 aromatic carbocycles. The lowest BCUT2D eigenvalue weighted by atomic mass is 9.69. The van der Waals surface area contributed by atoms with E-state index in [1.54, 1.807) is 0 Å². The fourth-order valence-electron chi connectivity index (χ4n) is 6.67. The van der Waals surface area contributed by atoms with Gasteiger partial charge in [0.05, 0.1) is 0 Å². The second kappa shape index (κ2) is 10.0. The highest BCUT2D eigenvalue weighted by Gasteiger charge is 2.37. The Morgan fingerprint density at radius 2 is 1.23 bits per heavy atom. The summed E-state index contributed by atoms with van der Waals surface area (Å²) in [6.45, 7) is 9.11. The lowest BCUT2D eigenvalue weighted by Gasteiger charge is -2.36. The van der Waals surface area contributed by atoms with Gasteiger partial charge in [-0.15, -0.1) is 0 Å². The maximum Gasteiger partial charge on any atom is 0.455 e. The Balaban J connectivity index is 1.66. The largest absolute Gasteiger partial charge is 0.455 e. The molecule has 2 N–H and O–H groups in total. The van der Waals surface area contributed by atoms with E-state index in [1.165, 1.54) is 60.8 Å². The summed E-state index contributed by atoms with van der Waals surface area (Å²) < 4.78 is 17.4. The Morgan fingerprint density at radius 1 is 0.743 bits per heavy atom. The molecule has 1 heterocycles. The molecule has 3 aliphatic rings. The highest BCUT2D eigenvalue weighted by atomic mass is 31.2. The van der Waals surface area contributed by atoms with Gasteiger partial charge >= 0.3 is 8.60 Å². The van der Waals surface area contributed by atoms with Crippen molar-refractivity contribution in [3.63, 3.8) is 0 Å². The van der Waals surface area contributed by atoms with Gasteiger partial charge in [0.15, 0.2) is 5.75 Å². The van der Waals surface area contributed by atoms with E-state index in [0.717, 1.165) is 54.7 Å². The number of fused-ring (bicyclic) bond motifs is 2. The molecule has 5 nitrogen and oxygen atoms in total. The van der Waals surface area contributed by atoms with Crippen LogP contribution in [0.25, 0.3) is 0 Å². The molecule has 6 heteroatoms. The highest BCUT2D eigenvalue weighted by Crippen LogP contribution is 2.52. The molecule has 2 saturated carbocycles. The van der Waals surface area contributed by atoms with Crippen LogP contribution in [0.1, 0.15) is 111 Å². The zero-order valence-electron chi connectivity index (χ0n) is 21.7. The Bertz CT molecular complexity index is 1070. The van der Waals surface area contributed by atoms with E-state index in [1.807, 2.05) is 0 Å². The van der Waals surface area contributed by atoms with Crippen LogP contribution in [-0.2, 0) is 26.5 Å². The third-order valence-electron chi connectivity index (χ3n) is 8.65. The molecule has 2 aromatic rings. The molecular formula is C29H40NO4P. The van der Waals surface area contributed by atoms with Gasteiger partial charge in [-0.2, -0.15) is 0 Å². The Morgan fingerprint density at radius 3 is 1.74 bits per heavy atom. The first-order chi connectivity index (χ1) is 16.8. The summed E-state index contributed by atoms with van der Waals surface area (Å²) in [7, 11) is -1.91. The van der Waals surface area contributed by atoms with E-state index < -0.39 is 8.60 Å². The van der Waals surface area contributed by atoms with Crippen molar-refractivity contribution in [3.05, 3.63) is 57.6 Å². The fraction of sp³-hybridized carbons (Fsp3) is 0.586. The van der Waals surface area contributed by atoms with Crippen molar-refractivity contribution in [1.29, 1.82) is 0 Å². The quantitative estimate of drug-likeness (QED) is 0.263. The third kappa shape index (κ3) is 4.98. The smallest absolute Gasteiger partial charge is 0.423 e. The van der Waals surface area contributed by atoms with Crippen LogP contribution in [0.3, 0.4) is 0 Å². The van der Waals surface area contributed by atoms with Crippen molar-refractivity contribution < 1.29 is 18.7 Å². The number of rotatable bonds is 3. The van der Waals surface area contributed by atoms with Crippen LogP contribution >= 0.6 is 8.60 Å². The van der Waals surface area contributed by atoms with Gasteiger partial charge in [0.25, 0.3) is 0 Å². The molecule has 0 saturated heterocycles. The molecule has 190 valence electrons. The molecule has 35 heavy (non-hydrogen) atoms. The molecule has 0 amide bonds. The van der Waals surface area contributed by atoms with Gasteiger partial charge in [-0.05, 0) is 55.9 Å². The average Bonchev–Trinajstić information content (AvgIpc) is 2.91. The summed E-state index contributed by atoms with van der Waals surface area (Å²) in [5.74, 6) is 7.35. The average molecular weight is 498 g/mol. The monoisotopic (exact) mass is 497 g/mol. The number of benzene rings is 2. The first kappa shape index (κ1) is 25.0. The second-order valence-corrected chi connectivity index (χ2v) is 12.6. The van der Waals surface area contributed by atoms with Crippen LogP contribution in [0, 0.1) is 13.8 Å². The molecule has 2 fully saturated rings. The van der Waals surface area contributed by atoms with E-state index in [2.05, 4.69) is 52.0 Å². The van der Waals surface area contributed by atoms with E-state index in [4.69, 9.17) is 24.6 Å². The molecular weight excluding hydrogens is 457 g/mol. The van der Waals surface area contributed by atoms with Crippen molar-refractivity contribution in [2.45, 2.75) is 109 Å². The van der Waals surface area contributed by atoms with Gasteiger partial charge in [0.2, 0.25) is 0 Å². The molecule has 0 spiro atoms. The first-order valence-corrected chi connectivity index (χ1v) is 14.4. The Hall–Kier alpha value is -1.65. The Kier molecular flexibility index (Phi) is 7.16. The molecule has 0 aromatic heterocycles. The predicted octanol–water partition coefficient (Wildman–Crippen LogP) is 8.16. The molecule has 1 unspecified atom stereocenters. The highest BCUT2D eigenvalue weighted by molar-refractivity contribution is 7.41. The number of hydrogen-bond acceptors (Lipinski definition) is 5. The van der Waals surface area contributed by atoms with Gasteiger partial charge in [-0.25, -0.2) is 10.5 Å². The van der Waals surface area contributed by atoms with E-state index in [0.29, 0.717) is 0 Å². The minimum atomic E-state index is -1.91. The topological polar surface area (TPSA) is 62.9 Å². The summed E-state index contributed by atoms with van der Waals surface area (Å²) >= 11 is 0. The van der Waals surface area contributed by atoms with Gasteiger partial charge in [-0.3, -0.25) is 0 Å². The van der Waals surface area contributed by atoms with Gasteiger partial charge in [0.1, 0.15) is 5.75 Å². The summed E-state index contributed by atoms with van der Waals surface area (Å²) in [6, 6.07) is 9.05. The molecule has 1 aliphatic heterocycles. The SMILES string of the molecule is Cc1cc2c(c(C3(C)CCCCC3)c1)OOP(ON)Oc1c(cc(C)cc1C1(C)CCCCC1)C2. The Labute approximate surface area is 211 Å². The summed E-state index contributed by atoms with van der Waals surface area (Å²) in [5, 5.41) is 0. The lowest BCUT2D eigenvalue weighted by Crippen LogP contribution is -2.26. The van der Waals surface area contributed by atoms with Crippen LogP contribution in [-0.4, -0.2) is 0 Å². The predicted molar refractivity (Wildman–Crippen MR) is 141 cm³/mol. The van der Waals surface area contributed by atoms with Gasteiger partial charge in [-0.1, -0.05) is 92.4 Å². The number of aryl methyl sites for hydroxylation is 2. The summed E-state index contributed by atoms with van der Waals surface area (Å²) in [4.78, 5) is 6.09. The fourth-order valence-corrected chi connectivity index (χ4v) is 7.28. The van der Waals surface area contributed by atoms with Gasteiger partial charge < -0.3 is 9.41 Å². The van der Waals surface area contributed by atoms with Crippen LogP contribution < -0.4 is 15.3 Å². The second-order valence-electron chi connectivity index (χ2n) is 11.6. The van der Waals surface area contributed by atoms with Crippen molar-refractivity contribution in [1.82, 2.24) is 0 Å². The van der Waals surface area contributed by atoms with E-state index in [9.17, 15) is 0 Å². The van der Waals surface area contributed by atoms with Crippen LogP contribution in [0.4, 0.5) is 0 Å².